The van der Waals surface area contributed by atoms with Crippen LogP contribution in [0.1, 0.15) is 31.6 Å². The molecule has 8 heteroatoms. The Kier molecular flexibility index (Phi) is 6.53. The Morgan fingerprint density at radius 1 is 1.06 bits per heavy atom. The summed E-state index contributed by atoms with van der Waals surface area (Å²) in [5.41, 5.74) is 2.65. The molecule has 0 atom stereocenters. The number of benzene rings is 2. The van der Waals surface area contributed by atoms with Crippen LogP contribution in [0, 0.1) is 5.82 Å². The van der Waals surface area contributed by atoms with Crippen LogP contribution >= 0.6 is 0 Å². The van der Waals surface area contributed by atoms with Crippen LogP contribution < -0.4 is 9.46 Å². The number of aryl methyl sites for hydroxylation is 1. The molecular weight excluding hydrogens is 431 g/mol. The van der Waals surface area contributed by atoms with Crippen molar-refractivity contribution in [2.45, 2.75) is 38.2 Å². The minimum Gasteiger partial charge on any atom is -0.485 e. The van der Waals surface area contributed by atoms with Crippen molar-refractivity contribution in [3.05, 3.63) is 65.9 Å². The highest BCUT2D eigenvalue weighted by Gasteiger charge is 2.23. The predicted octanol–water partition coefficient (Wildman–Crippen LogP) is 5.05. The second-order valence-corrected chi connectivity index (χ2v) is 9.40. The quantitative estimate of drug-likeness (QED) is 0.486. The van der Waals surface area contributed by atoms with E-state index in [2.05, 4.69) is 23.5 Å². The smallest absolute Gasteiger partial charge is 0.262 e. The lowest BCUT2D eigenvalue weighted by Gasteiger charge is -2.19. The van der Waals surface area contributed by atoms with Gasteiger partial charge in [-0.05, 0) is 74.4 Å². The third-order valence-electron chi connectivity index (χ3n) is 5.76. The number of anilines is 1. The zero-order chi connectivity index (χ0) is 22.7. The van der Waals surface area contributed by atoms with Gasteiger partial charge in [0.05, 0.1) is 16.8 Å². The van der Waals surface area contributed by atoms with E-state index in [1.807, 2.05) is 6.07 Å². The van der Waals surface area contributed by atoms with Crippen LogP contribution in [-0.2, 0) is 23.1 Å². The first-order valence-electron chi connectivity index (χ1n) is 10.8. The number of halogens is 1. The number of nitrogens with one attached hydrogen (secondary N) is 1. The lowest BCUT2D eigenvalue weighted by Crippen LogP contribution is -2.24. The summed E-state index contributed by atoms with van der Waals surface area (Å²) in [5, 5.41) is 0. The van der Waals surface area contributed by atoms with Gasteiger partial charge in [0.2, 0.25) is 0 Å². The molecule has 6 nitrogen and oxygen atoms in total. The van der Waals surface area contributed by atoms with Gasteiger partial charge in [-0.25, -0.2) is 12.8 Å². The van der Waals surface area contributed by atoms with E-state index < -0.39 is 15.8 Å². The highest BCUT2D eigenvalue weighted by atomic mass is 32.2. The topological polar surface area (TPSA) is 71.8 Å². The van der Waals surface area contributed by atoms with Gasteiger partial charge < -0.3 is 14.1 Å². The summed E-state index contributed by atoms with van der Waals surface area (Å²) in [6.07, 6.45) is 2.82. The van der Waals surface area contributed by atoms with Gasteiger partial charge in [-0.15, -0.1) is 0 Å². The molecule has 0 radical (unpaired) electrons. The molecule has 0 spiro atoms. The Bertz CT molecular complexity index is 1200. The largest absolute Gasteiger partial charge is 0.485 e. The summed E-state index contributed by atoms with van der Waals surface area (Å²) in [7, 11) is -3.90. The summed E-state index contributed by atoms with van der Waals surface area (Å²) < 4.78 is 54.0. The van der Waals surface area contributed by atoms with Crippen LogP contribution in [-0.4, -0.2) is 33.0 Å². The highest BCUT2D eigenvalue weighted by Crippen LogP contribution is 2.39. The Labute approximate surface area is 188 Å². The van der Waals surface area contributed by atoms with E-state index >= 15 is 0 Å². The van der Waals surface area contributed by atoms with E-state index in [1.165, 1.54) is 18.2 Å². The molecule has 0 amide bonds. The van der Waals surface area contributed by atoms with Crippen molar-refractivity contribution in [3.63, 3.8) is 0 Å². The van der Waals surface area contributed by atoms with Crippen LogP contribution in [0.5, 0.6) is 5.75 Å². The Morgan fingerprint density at radius 3 is 2.66 bits per heavy atom. The monoisotopic (exact) mass is 458 g/mol. The number of sulfonamides is 1. The molecule has 1 aliphatic heterocycles. The second kappa shape index (κ2) is 9.34. The summed E-state index contributed by atoms with van der Waals surface area (Å²) in [6, 6.07) is 10.8. The molecule has 2 heterocycles. The molecule has 0 unspecified atom stereocenters. The SMILES string of the molecule is CCN(CC)CCCc1cc(F)ccc1S(=O)(=O)Nc1ccc2c(c1)OCc1occc1-2. The van der Waals surface area contributed by atoms with Crippen molar-refractivity contribution in [3.8, 4) is 16.9 Å². The van der Waals surface area contributed by atoms with E-state index in [0.29, 0.717) is 30.0 Å². The minimum absolute atomic E-state index is 0.0919. The maximum Gasteiger partial charge on any atom is 0.262 e. The lowest BCUT2D eigenvalue weighted by atomic mass is 10.0. The number of nitrogens with zero attached hydrogens (tertiary/aromatic N) is 1. The fourth-order valence-electron chi connectivity index (χ4n) is 4.01. The van der Waals surface area contributed by atoms with E-state index in [0.717, 1.165) is 42.9 Å². The molecule has 170 valence electrons. The number of hydrogen-bond donors (Lipinski definition) is 1. The average Bonchev–Trinajstić information content (AvgIpc) is 3.25. The molecule has 0 aliphatic carbocycles. The van der Waals surface area contributed by atoms with Gasteiger partial charge in [0, 0.05) is 17.2 Å². The molecule has 0 fully saturated rings. The van der Waals surface area contributed by atoms with Crippen LogP contribution in [0.3, 0.4) is 0 Å². The summed E-state index contributed by atoms with van der Waals surface area (Å²) >= 11 is 0. The van der Waals surface area contributed by atoms with Crippen molar-refractivity contribution in [2.24, 2.45) is 0 Å². The normalized spacial score (nSPS) is 12.9. The first-order valence-corrected chi connectivity index (χ1v) is 12.3. The minimum atomic E-state index is -3.90. The van der Waals surface area contributed by atoms with Gasteiger partial charge in [0.15, 0.2) is 0 Å². The van der Waals surface area contributed by atoms with Gasteiger partial charge in [0.25, 0.3) is 10.0 Å². The van der Waals surface area contributed by atoms with E-state index in [4.69, 9.17) is 9.15 Å². The maximum atomic E-state index is 13.9. The lowest BCUT2D eigenvalue weighted by molar-refractivity contribution is 0.266. The van der Waals surface area contributed by atoms with Crippen LogP contribution in [0.4, 0.5) is 10.1 Å². The van der Waals surface area contributed by atoms with Gasteiger partial charge in [-0.3, -0.25) is 4.72 Å². The molecule has 0 saturated carbocycles. The molecule has 1 aromatic heterocycles. The molecular formula is C24H27FN2O4S. The maximum absolute atomic E-state index is 13.9. The second-order valence-electron chi connectivity index (χ2n) is 7.75. The number of ether oxygens (including phenoxy) is 1. The fourth-order valence-corrected chi connectivity index (χ4v) is 5.31. The average molecular weight is 459 g/mol. The molecule has 4 rings (SSSR count). The predicted molar refractivity (Wildman–Crippen MR) is 122 cm³/mol. The van der Waals surface area contributed by atoms with Crippen LogP contribution in [0.25, 0.3) is 11.1 Å². The van der Waals surface area contributed by atoms with Gasteiger partial charge in [-0.1, -0.05) is 13.8 Å². The zero-order valence-electron chi connectivity index (χ0n) is 18.2. The third kappa shape index (κ3) is 4.66. The summed E-state index contributed by atoms with van der Waals surface area (Å²) in [6.45, 7) is 7.14. The Morgan fingerprint density at radius 2 is 1.88 bits per heavy atom. The van der Waals surface area contributed by atoms with Crippen LogP contribution in [0.15, 0.2) is 58.0 Å². The van der Waals surface area contributed by atoms with E-state index in [-0.39, 0.29) is 4.90 Å². The first-order chi connectivity index (χ1) is 15.4. The molecule has 1 N–H and O–H groups in total. The number of fused-ring (bicyclic) bond motifs is 3. The van der Waals surface area contributed by atoms with Crippen molar-refractivity contribution in [1.29, 1.82) is 0 Å². The molecule has 2 aromatic carbocycles. The fraction of sp³-hybridized carbons (Fsp3) is 0.333. The van der Waals surface area contributed by atoms with Crippen molar-refractivity contribution in [1.82, 2.24) is 4.90 Å². The standard InChI is InChI=1S/C24H27FN2O4S/c1-3-27(4-2)12-5-6-17-14-18(25)7-10-24(17)32(28,29)26-19-8-9-20-21-11-13-30-23(21)16-31-22(20)15-19/h7-11,13-15,26H,3-6,12,16H2,1-2H3. The number of hydrogen-bond acceptors (Lipinski definition) is 5. The van der Waals surface area contributed by atoms with E-state index in [1.54, 1.807) is 24.5 Å². The first kappa shape index (κ1) is 22.4. The third-order valence-corrected chi connectivity index (χ3v) is 7.24. The van der Waals surface area contributed by atoms with Crippen LogP contribution in [0.2, 0.25) is 0 Å². The zero-order valence-corrected chi connectivity index (χ0v) is 19.0. The van der Waals surface area contributed by atoms with Crippen molar-refractivity contribution in [2.75, 3.05) is 24.4 Å². The van der Waals surface area contributed by atoms with Crippen molar-refractivity contribution < 1.29 is 22.0 Å². The molecule has 32 heavy (non-hydrogen) atoms. The number of furan rings is 1. The molecule has 0 bridgehead atoms. The number of rotatable bonds is 9. The summed E-state index contributed by atoms with van der Waals surface area (Å²) in [4.78, 5) is 2.35. The summed E-state index contributed by atoms with van der Waals surface area (Å²) in [5.74, 6) is 0.879. The van der Waals surface area contributed by atoms with E-state index in [9.17, 15) is 12.8 Å². The molecule has 3 aromatic rings. The Hall–Kier alpha value is -2.84. The van der Waals surface area contributed by atoms with Gasteiger partial charge in [-0.2, -0.15) is 0 Å². The highest BCUT2D eigenvalue weighted by molar-refractivity contribution is 7.92. The van der Waals surface area contributed by atoms with Crippen molar-refractivity contribution >= 4 is 15.7 Å². The van der Waals surface area contributed by atoms with Gasteiger partial charge >= 0.3 is 0 Å². The molecule has 0 saturated heterocycles. The molecule has 1 aliphatic rings. The van der Waals surface area contributed by atoms with Gasteiger partial charge in [0.1, 0.15) is 23.9 Å². The Balaban J connectivity index is 1.55.